The molecule has 0 bridgehead atoms. The molecule has 0 aliphatic rings. The lowest BCUT2D eigenvalue weighted by molar-refractivity contribution is 0.0765. The van der Waals surface area contributed by atoms with Crippen LogP contribution in [0.1, 0.15) is 33.6 Å². The third-order valence-electron chi connectivity index (χ3n) is 2.34. The molecule has 0 fully saturated rings. The van der Waals surface area contributed by atoms with Gasteiger partial charge in [-0.05, 0) is 39.7 Å². The second kappa shape index (κ2) is 8.75. The van der Waals surface area contributed by atoms with E-state index in [1.807, 2.05) is 25.1 Å². The molecule has 4 nitrogen and oxygen atoms in total. The van der Waals surface area contributed by atoms with Crippen molar-refractivity contribution in [2.24, 2.45) is 0 Å². The number of nitrogens with zero attached hydrogens (tertiary/aromatic N) is 1. The highest BCUT2D eigenvalue weighted by atomic mass is 16.5. The molecule has 4 heteroatoms. The van der Waals surface area contributed by atoms with Gasteiger partial charge in [0.15, 0.2) is 0 Å². The molecule has 1 aromatic heterocycles. The van der Waals surface area contributed by atoms with E-state index in [-0.39, 0.29) is 0 Å². The fourth-order valence-electron chi connectivity index (χ4n) is 1.50. The minimum Gasteiger partial charge on any atom is -0.478 e. The summed E-state index contributed by atoms with van der Waals surface area (Å²) >= 11 is 0. The topological polar surface area (TPSA) is 43.4 Å². The Hall–Kier alpha value is -1.29. The van der Waals surface area contributed by atoms with Crippen molar-refractivity contribution in [2.75, 3.05) is 25.1 Å². The molecule has 0 amide bonds. The average molecular weight is 252 g/mol. The van der Waals surface area contributed by atoms with Crippen LogP contribution in [0.3, 0.4) is 0 Å². The maximum atomic E-state index is 5.48. The molecular weight excluding hydrogens is 228 g/mol. The van der Waals surface area contributed by atoms with E-state index < -0.39 is 0 Å². The van der Waals surface area contributed by atoms with E-state index in [4.69, 9.17) is 9.47 Å². The van der Waals surface area contributed by atoms with E-state index >= 15 is 0 Å². The van der Waals surface area contributed by atoms with Gasteiger partial charge < -0.3 is 14.8 Å². The molecule has 0 radical (unpaired) electrons. The standard InChI is InChI=1S/C14H24N2O2/c1-4-17-14-9-7-8-13(16-14)15-10-5-6-11-18-12(2)3/h7-9,12H,4-6,10-11H2,1-3H3,(H,15,16). The lowest BCUT2D eigenvalue weighted by atomic mass is 10.3. The maximum Gasteiger partial charge on any atom is 0.215 e. The van der Waals surface area contributed by atoms with Crippen LogP contribution in [0.5, 0.6) is 5.88 Å². The summed E-state index contributed by atoms with van der Waals surface area (Å²) in [4.78, 5) is 4.34. The third-order valence-corrected chi connectivity index (χ3v) is 2.34. The van der Waals surface area contributed by atoms with E-state index in [9.17, 15) is 0 Å². The second-order valence-electron chi connectivity index (χ2n) is 4.35. The van der Waals surface area contributed by atoms with Crippen LogP contribution in [-0.2, 0) is 4.74 Å². The second-order valence-corrected chi connectivity index (χ2v) is 4.35. The number of nitrogens with one attached hydrogen (secondary N) is 1. The first kappa shape index (κ1) is 14.8. The number of ether oxygens (including phenoxy) is 2. The van der Waals surface area contributed by atoms with E-state index in [1.54, 1.807) is 0 Å². The Labute approximate surface area is 110 Å². The monoisotopic (exact) mass is 252 g/mol. The van der Waals surface area contributed by atoms with Crippen LogP contribution < -0.4 is 10.1 Å². The van der Waals surface area contributed by atoms with Gasteiger partial charge in [0.05, 0.1) is 12.7 Å². The number of aromatic nitrogens is 1. The molecule has 1 heterocycles. The van der Waals surface area contributed by atoms with Crippen molar-refractivity contribution >= 4 is 5.82 Å². The SMILES string of the molecule is CCOc1cccc(NCCCCOC(C)C)n1. The summed E-state index contributed by atoms with van der Waals surface area (Å²) in [5, 5.41) is 3.28. The first-order chi connectivity index (χ1) is 8.72. The Morgan fingerprint density at radius 1 is 1.28 bits per heavy atom. The molecular formula is C14H24N2O2. The summed E-state index contributed by atoms with van der Waals surface area (Å²) in [6.07, 6.45) is 2.46. The van der Waals surface area contributed by atoms with E-state index in [0.717, 1.165) is 31.8 Å². The number of hydrogen-bond acceptors (Lipinski definition) is 4. The van der Waals surface area contributed by atoms with Crippen LogP contribution >= 0.6 is 0 Å². The molecule has 1 aromatic rings. The van der Waals surface area contributed by atoms with Gasteiger partial charge in [-0.25, -0.2) is 0 Å². The minimum absolute atomic E-state index is 0.322. The van der Waals surface area contributed by atoms with Crippen LogP contribution in [0, 0.1) is 0 Å². The van der Waals surface area contributed by atoms with Gasteiger partial charge >= 0.3 is 0 Å². The molecule has 0 saturated heterocycles. The highest BCUT2D eigenvalue weighted by Crippen LogP contribution is 2.11. The predicted octanol–water partition coefficient (Wildman–Crippen LogP) is 3.10. The molecule has 0 aromatic carbocycles. The van der Waals surface area contributed by atoms with Crippen LogP contribution in [0.15, 0.2) is 18.2 Å². The van der Waals surface area contributed by atoms with Gasteiger partial charge in [0, 0.05) is 19.2 Å². The van der Waals surface area contributed by atoms with Gasteiger partial charge in [-0.2, -0.15) is 4.98 Å². The fourth-order valence-corrected chi connectivity index (χ4v) is 1.50. The van der Waals surface area contributed by atoms with E-state index in [1.165, 1.54) is 0 Å². The van der Waals surface area contributed by atoms with E-state index in [0.29, 0.717) is 18.6 Å². The van der Waals surface area contributed by atoms with Crippen molar-refractivity contribution in [3.8, 4) is 5.88 Å². The Bertz CT molecular complexity index is 329. The third kappa shape index (κ3) is 6.45. The van der Waals surface area contributed by atoms with Crippen molar-refractivity contribution in [3.05, 3.63) is 18.2 Å². The zero-order valence-electron chi connectivity index (χ0n) is 11.6. The molecule has 1 N–H and O–H groups in total. The Balaban J connectivity index is 2.16. The molecule has 0 unspecified atom stereocenters. The van der Waals surface area contributed by atoms with Gasteiger partial charge in [-0.1, -0.05) is 6.07 Å². The zero-order chi connectivity index (χ0) is 13.2. The molecule has 18 heavy (non-hydrogen) atoms. The van der Waals surface area contributed by atoms with Gasteiger partial charge in [-0.3, -0.25) is 0 Å². The molecule has 102 valence electrons. The first-order valence-electron chi connectivity index (χ1n) is 6.67. The number of hydrogen-bond donors (Lipinski definition) is 1. The van der Waals surface area contributed by atoms with Crippen molar-refractivity contribution < 1.29 is 9.47 Å². The number of unbranched alkanes of at least 4 members (excludes halogenated alkanes) is 1. The Kier molecular flexibility index (Phi) is 7.18. The number of anilines is 1. The summed E-state index contributed by atoms with van der Waals surface area (Å²) in [6.45, 7) is 8.44. The lowest BCUT2D eigenvalue weighted by Gasteiger charge is -2.09. The molecule has 0 aliphatic carbocycles. The predicted molar refractivity (Wildman–Crippen MR) is 74.2 cm³/mol. The average Bonchev–Trinajstić information content (AvgIpc) is 2.34. The van der Waals surface area contributed by atoms with E-state index in [2.05, 4.69) is 24.1 Å². The smallest absolute Gasteiger partial charge is 0.215 e. The van der Waals surface area contributed by atoms with Crippen LogP contribution in [0.25, 0.3) is 0 Å². The van der Waals surface area contributed by atoms with Gasteiger partial charge in [-0.15, -0.1) is 0 Å². The molecule has 0 spiro atoms. The van der Waals surface area contributed by atoms with Crippen molar-refractivity contribution in [3.63, 3.8) is 0 Å². The highest BCUT2D eigenvalue weighted by molar-refractivity contribution is 5.36. The fraction of sp³-hybridized carbons (Fsp3) is 0.643. The largest absolute Gasteiger partial charge is 0.478 e. The van der Waals surface area contributed by atoms with Crippen molar-refractivity contribution in [1.29, 1.82) is 0 Å². The Morgan fingerprint density at radius 2 is 2.11 bits per heavy atom. The normalized spacial score (nSPS) is 10.7. The number of rotatable bonds is 9. The molecule has 1 rings (SSSR count). The molecule has 0 saturated carbocycles. The van der Waals surface area contributed by atoms with Crippen LogP contribution in [0.4, 0.5) is 5.82 Å². The molecule has 0 atom stereocenters. The van der Waals surface area contributed by atoms with Crippen LogP contribution in [0.2, 0.25) is 0 Å². The summed E-state index contributed by atoms with van der Waals surface area (Å²) in [5.74, 6) is 1.54. The quantitative estimate of drug-likeness (QED) is 0.686. The van der Waals surface area contributed by atoms with Crippen molar-refractivity contribution in [2.45, 2.75) is 39.7 Å². The Morgan fingerprint density at radius 3 is 2.83 bits per heavy atom. The van der Waals surface area contributed by atoms with Gasteiger partial charge in [0.25, 0.3) is 0 Å². The summed E-state index contributed by atoms with van der Waals surface area (Å²) in [6, 6.07) is 5.76. The summed E-state index contributed by atoms with van der Waals surface area (Å²) < 4.78 is 10.8. The molecule has 0 aliphatic heterocycles. The van der Waals surface area contributed by atoms with Gasteiger partial charge in [0.1, 0.15) is 5.82 Å². The first-order valence-corrected chi connectivity index (χ1v) is 6.67. The zero-order valence-corrected chi connectivity index (χ0v) is 11.6. The summed E-state index contributed by atoms with van der Waals surface area (Å²) in [5.41, 5.74) is 0. The highest BCUT2D eigenvalue weighted by Gasteiger charge is 1.97. The summed E-state index contributed by atoms with van der Waals surface area (Å²) in [7, 11) is 0. The number of pyridine rings is 1. The van der Waals surface area contributed by atoms with Crippen molar-refractivity contribution in [1.82, 2.24) is 4.98 Å². The lowest BCUT2D eigenvalue weighted by Crippen LogP contribution is -2.08. The minimum atomic E-state index is 0.322. The maximum absolute atomic E-state index is 5.48. The van der Waals surface area contributed by atoms with Crippen LogP contribution in [-0.4, -0.2) is 30.8 Å². The van der Waals surface area contributed by atoms with Gasteiger partial charge in [0.2, 0.25) is 5.88 Å².